The molecule has 0 aliphatic rings. The number of tetrazole rings is 1. The third-order valence-corrected chi connectivity index (χ3v) is 4.16. The first-order valence-electron chi connectivity index (χ1n) is 8.84. The molecular formula is C20H23N5O2. The van der Waals surface area contributed by atoms with Crippen molar-refractivity contribution in [3.05, 3.63) is 71.5 Å². The van der Waals surface area contributed by atoms with Gasteiger partial charge in [-0.15, -0.1) is 5.10 Å². The van der Waals surface area contributed by atoms with Crippen LogP contribution in [0.1, 0.15) is 42.0 Å². The molecule has 0 radical (unpaired) electrons. The van der Waals surface area contributed by atoms with Gasteiger partial charge in [-0.2, -0.15) is 4.68 Å². The van der Waals surface area contributed by atoms with E-state index in [1.807, 2.05) is 48.5 Å². The molecule has 2 N–H and O–H groups in total. The van der Waals surface area contributed by atoms with E-state index in [1.165, 1.54) is 0 Å². The van der Waals surface area contributed by atoms with Gasteiger partial charge >= 0.3 is 0 Å². The van der Waals surface area contributed by atoms with E-state index in [1.54, 1.807) is 24.6 Å². The van der Waals surface area contributed by atoms with E-state index >= 15 is 0 Å². The number of nitrogens with one attached hydrogen (secondary N) is 1. The van der Waals surface area contributed by atoms with Crippen molar-refractivity contribution >= 4 is 5.91 Å². The lowest BCUT2D eigenvalue weighted by Gasteiger charge is -2.16. The number of aryl methyl sites for hydroxylation is 1. The van der Waals surface area contributed by atoms with Gasteiger partial charge in [0.25, 0.3) is 5.91 Å². The van der Waals surface area contributed by atoms with Crippen molar-refractivity contribution in [1.82, 2.24) is 25.5 Å². The quantitative estimate of drug-likeness (QED) is 0.670. The zero-order chi connectivity index (χ0) is 19.3. The summed E-state index contributed by atoms with van der Waals surface area (Å²) in [6, 6.07) is 16.9. The molecule has 0 aliphatic carbocycles. The van der Waals surface area contributed by atoms with E-state index < -0.39 is 5.60 Å². The summed E-state index contributed by atoms with van der Waals surface area (Å²) < 4.78 is 1.60. The van der Waals surface area contributed by atoms with Crippen molar-refractivity contribution in [3.8, 4) is 5.69 Å². The summed E-state index contributed by atoms with van der Waals surface area (Å²) in [6.07, 6.45) is 1.33. The van der Waals surface area contributed by atoms with Gasteiger partial charge in [0.05, 0.1) is 17.8 Å². The van der Waals surface area contributed by atoms with Crippen LogP contribution in [0.3, 0.4) is 0 Å². The van der Waals surface area contributed by atoms with E-state index in [0.717, 1.165) is 11.3 Å². The van der Waals surface area contributed by atoms with Crippen LogP contribution in [-0.4, -0.2) is 36.8 Å². The van der Waals surface area contributed by atoms with Gasteiger partial charge in [0.1, 0.15) is 0 Å². The summed E-state index contributed by atoms with van der Waals surface area (Å²) in [5.74, 6) is 0.357. The van der Waals surface area contributed by atoms with Crippen LogP contribution in [0.5, 0.6) is 0 Å². The lowest BCUT2D eigenvalue weighted by atomic mass is 9.98. The summed E-state index contributed by atoms with van der Waals surface area (Å²) in [4.78, 5) is 12.5. The predicted octanol–water partition coefficient (Wildman–Crippen LogP) is 2.30. The molecule has 1 aromatic heterocycles. The van der Waals surface area contributed by atoms with Crippen molar-refractivity contribution in [2.45, 2.75) is 38.8 Å². The zero-order valence-corrected chi connectivity index (χ0v) is 15.5. The van der Waals surface area contributed by atoms with Gasteiger partial charge in [-0.05, 0) is 66.9 Å². The minimum Gasteiger partial charge on any atom is -0.390 e. The highest BCUT2D eigenvalue weighted by Crippen LogP contribution is 2.14. The summed E-state index contributed by atoms with van der Waals surface area (Å²) in [5.41, 5.74) is 1.69. The summed E-state index contributed by atoms with van der Waals surface area (Å²) in [7, 11) is 0. The van der Waals surface area contributed by atoms with Crippen LogP contribution >= 0.6 is 0 Å². The average Bonchev–Trinajstić information content (AvgIpc) is 3.13. The largest absolute Gasteiger partial charge is 0.390 e. The SMILES string of the molecule is CC(C)(O)CCc1cccc(C(=O)NCc2nnnn2-c2ccccc2)c1. The maximum absolute atomic E-state index is 12.5. The highest BCUT2D eigenvalue weighted by atomic mass is 16.3. The number of hydrogen-bond donors (Lipinski definition) is 2. The first-order valence-corrected chi connectivity index (χ1v) is 8.84. The molecule has 140 valence electrons. The highest BCUT2D eigenvalue weighted by molar-refractivity contribution is 5.94. The molecule has 27 heavy (non-hydrogen) atoms. The van der Waals surface area contributed by atoms with Crippen LogP contribution in [-0.2, 0) is 13.0 Å². The Morgan fingerprint density at radius 2 is 1.93 bits per heavy atom. The number of nitrogens with zero attached hydrogens (tertiary/aromatic N) is 4. The third-order valence-electron chi connectivity index (χ3n) is 4.16. The number of amides is 1. The van der Waals surface area contributed by atoms with E-state index in [4.69, 9.17) is 0 Å². The first-order chi connectivity index (χ1) is 12.9. The highest BCUT2D eigenvalue weighted by Gasteiger charge is 2.14. The predicted molar refractivity (Wildman–Crippen MR) is 101 cm³/mol. The fraction of sp³-hybridized carbons (Fsp3) is 0.300. The number of rotatable bonds is 7. The molecule has 0 atom stereocenters. The third kappa shape index (κ3) is 5.21. The number of hydrogen-bond acceptors (Lipinski definition) is 5. The molecule has 7 nitrogen and oxygen atoms in total. The number of aliphatic hydroxyl groups is 1. The number of para-hydroxylation sites is 1. The maximum atomic E-state index is 12.5. The molecule has 0 spiro atoms. The van der Waals surface area contributed by atoms with Gasteiger partial charge < -0.3 is 10.4 Å². The molecule has 3 aromatic rings. The molecule has 1 heterocycles. The van der Waals surface area contributed by atoms with Crippen LogP contribution in [0.25, 0.3) is 5.69 Å². The number of aromatic nitrogens is 4. The molecule has 0 saturated carbocycles. The van der Waals surface area contributed by atoms with E-state index in [-0.39, 0.29) is 12.5 Å². The Hall–Kier alpha value is -3.06. The summed E-state index contributed by atoms with van der Waals surface area (Å²) >= 11 is 0. The molecule has 3 rings (SSSR count). The lowest BCUT2D eigenvalue weighted by Crippen LogP contribution is -2.25. The van der Waals surface area contributed by atoms with Gasteiger partial charge in [-0.1, -0.05) is 30.3 Å². The van der Waals surface area contributed by atoms with Crippen molar-refractivity contribution in [2.24, 2.45) is 0 Å². The monoisotopic (exact) mass is 365 g/mol. The van der Waals surface area contributed by atoms with Crippen LogP contribution in [0.2, 0.25) is 0 Å². The molecule has 2 aromatic carbocycles. The summed E-state index contributed by atoms with van der Waals surface area (Å²) in [6.45, 7) is 3.77. The Morgan fingerprint density at radius 1 is 1.15 bits per heavy atom. The average molecular weight is 365 g/mol. The van der Waals surface area contributed by atoms with Crippen molar-refractivity contribution in [3.63, 3.8) is 0 Å². The fourth-order valence-electron chi connectivity index (χ4n) is 2.67. The first kappa shape index (κ1) is 18.7. The molecule has 7 heteroatoms. The fourth-order valence-corrected chi connectivity index (χ4v) is 2.67. The molecule has 0 unspecified atom stereocenters. The van der Waals surface area contributed by atoms with Gasteiger partial charge in [0, 0.05) is 5.56 Å². The van der Waals surface area contributed by atoms with Crippen molar-refractivity contribution in [2.75, 3.05) is 0 Å². The molecule has 0 saturated heterocycles. The number of benzene rings is 2. The minimum atomic E-state index is -0.729. The second-order valence-corrected chi connectivity index (χ2v) is 7.04. The van der Waals surface area contributed by atoms with Gasteiger partial charge in [0.15, 0.2) is 5.82 Å². The zero-order valence-electron chi connectivity index (χ0n) is 15.5. The molecule has 0 fully saturated rings. The molecular weight excluding hydrogens is 342 g/mol. The Labute approximate surface area is 158 Å². The van der Waals surface area contributed by atoms with Gasteiger partial charge in [-0.25, -0.2) is 0 Å². The van der Waals surface area contributed by atoms with Gasteiger partial charge in [-0.3, -0.25) is 4.79 Å². The number of carbonyl (C=O) groups excluding carboxylic acids is 1. The molecule has 1 amide bonds. The lowest BCUT2D eigenvalue weighted by molar-refractivity contribution is 0.0714. The molecule has 0 aliphatic heterocycles. The smallest absolute Gasteiger partial charge is 0.251 e. The Kier molecular flexibility index (Phi) is 5.61. The standard InChI is InChI=1S/C20H23N5O2/c1-20(2,27)12-11-15-7-6-8-16(13-15)19(26)21-14-18-22-23-24-25(18)17-9-4-3-5-10-17/h3-10,13,27H,11-12,14H2,1-2H3,(H,21,26). The van der Waals surface area contributed by atoms with Crippen LogP contribution in [0.15, 0.2) is 54.6 Å². The van der Waals surface area contributed by atoms with E-state index in [9.17, 15) is 9.90 Å². The van der Waals surface area contributed by atoms with Crippen LogP contribution in [0, 0.1) is 0 Å². The normalized spacial score (nSPS) is 11.4. The topological polar surface area (TPSA) is 92.9 Å². The summed E-state index contributed by atoms with van der Waals surface area (Å²) in [5, 5.41) is 24.4. The Balaban J connectivity index is 1.65. The second-order valence-electron chi connectivity index (χ2n) is 7.04. The van der Waals surface area contributed by atoms with Crippen LogP contribution < -0.4 is 5.32 Å². The van der Waals surface area contributed by atoms with Crippen molar-refractivity contribution < 1.29 is 9.90 Å². The van der Waals surface area contributed by atoms with Gasteiger partial charge in [0.2, 0.25) is 0 Å². The maximum Gasteiger partial charge on any atom is 0.251 e. The second kappa shape index (κ2) is 8.09. The Bertz CT molecular complexity index is 900. The molecule has 0 bridgehead atoms. The minimum absolute atomic E-state index is 0.192. The Morgan fingerprint density at radius 3 is 2.67 bits per heavy atom. The number of carbonyl (C=O) groups is 1. The van der Waals surface area contributed by atoms with E-state index in [2.05, 4.69) is 20.8 Å². The van der Waals surface area contributed by atoms with Crippen molar-refractivity contribution in [1.29, 1.82) is 0 Å². The van der Waals surface area contributed by atoms with E-state index in [0.29, 0.717) is 24.2 Å². The van der Waals surface area contributed by atoms with Crippen LogP contribution in [0.4, 0.5) is 0 Å².